The van der Waals surface area contributed by atoms with E-state index in [1.165, 1.54) is 12.1 Å². The number of benzene rings is 1. The van der Waals surface area contributed by atoms with E-state index < -0.39 is 0 Å². The standard InChI is InChI=1S/C12H14O2/c1-7(2)10-5-9(13)6-11(8(3)4)12(10)14/h5-6,13-14H,1,3H2,2,4H3. The third kappa shape index (κ3) is 1.79. The van der Waals surface area contributed by atoms with Crippen LogP contribution in [0.2, 0.25) is 0 Å². The van der Waals surface area contributed by atoms with Crippen molar-refractivity contribution in [1.82, 2.24) is 0 Å². The van der Waals surface area contributed by atoms with E-state index >= 15 is 0 Å². The zero-order valence-corrected chi connectivity index (χ0v) is 8.46. The molecule has 0 aromatic heterocycles. The summed E-state index contributed by atoms with van der Waals surface area (Å²) >= 11 is 0. The molecule has 0 saturated carbocycles. The molecule has 1 aromatic rings. The molecular weight excluding hydrogens is 176 g/mol. The second-order valence-corrected chi connectivity index (χ2v) is 3.45. The number of aromatic hydroxyl groups is 2. The Morgan fingerprint density at radius 3 is 1.64 bits per heavy atom. The van der Waals surface area contributed by atoms with Crippen molar-refractivity contribution in [1.29, 1.82) is 0 Å². The predicted molar refractivity (Wildman–Crippen MR) is 59.2 cm³/mol. The molecule has 1 rings (SSSR count). The smallest absolute Gasteiger partial charge is 0.130 e. The van der Waals surface area contributed by atoms with Crippen molar-refractivity contribution < 1.29 is 10.2 Å². The number of allylic oxidation sites excluding steroid dienone is 2. The highest BCUT2D eigenvalue weighted by Crippen LogP contribution is 2.35. The van der Waals surface area contributed by atoms with Gasteiger partial charge >= 0.3 is 0 Å². The van der Waals surface area contributed by atoms with E-state index in [1.807, 2.05) is 0 Å². The SMILES string of the molecule is C=C(C)c1cc(O)cc(C(=C)C)c1O. The van der Waals surface area contributed by atoms with Gasteiger partial charge in [-0.15, -0.1) is 0 Å². The lowest BCUT2D eigenvalue weighted by molar-refractivity contribution is 0.457. The van der Waals surface area contributed by atoms with Crippen LogP contribution >= 0.6 is 0 Å². The van der Waals surface area contributed by atoms with E-state index in [1.54, 1.807) is 13.8 Å². The number of rotatable bonds is 2. The molecule has 74 valence electrons. The fraction of sp³-hybridized carbons (Fsp3) is 0.167. The van der Waals surface area contributed by atoms with E-state index in [9.17, 15) is 10.2 Å². The van der Waals surface area contributed by atoms with Crippen LogP contribution in [0.1, 0.15) is 25.0 Å². The van der Waals surface area contributed by atoms with Crippen LogP contribution in [0.15, 0.2) is 25.3 Å². The van der Waals surface area contributed by atoms with E-state index in [-0.39, 0.29) is 11.5 Å². The Labute approximate surface area is 83.8 Å². The van der Waals surface area contributed by atoms with Crippen molar-refractivity contribution in [2.24, 2.45) is 0 Å². The summed E-state index contributed by atoms with van der Waals surface area (Å²) in [6, 6.07) is 2.98. The lowest BCUT2D eigenvalue weighted by Gasteiger charge is -2.10. The van der Waals surface area contributed by atoms with Gasteiger partial charge < -0.3 is 10.2 Å². The number of phenolic OH excluding ortho intramolecular Hbond substituents is 2. The van der Waals surface area contributed by atoms with Gasteiger partial charge in [-0.25, -0.2) is 0 Å². The first-order valence-corrected chi connectivity index (χ1v) is 4.31. The molecular formula is C12H14O2. The van der Waals surface area contributed by atoms with Crippen LogP contribution in [0, 0.1) is 0 Å². The zero-order chi connectivity index (χ0) is 10.9. The van der Waals surface area contributed by atoms with Crippen LogP contribution in [0.25, 0.3) is 11.1 Å². The van der Waals surface area contributed by atoms with Crippen LogP contribution in [-0.2, 0) is 0 Å². The molecule has 0 unspecified atom stereocenters. The van der Waals surface area contributed by atoms with Gasteiger partial charge in [0.15, 0.2) is 0 Å². The fourth-order valence-electron chi connectivity index (χ4n) is 1.27. The first-order valence-electron chi connectivity index (χ1n) is 4.31. The average Bonchev–Trinajstić information content (AvgIpc) is 2.07. The summed E-state index contributed by atoms with van der Waals surface area (Å²) in [6.45, 7) is 11.0. The zero-order valence-electron chi connectivity index (χ0n) is 8.46. The Balaban J connectivity index is 3.47. The molecule has 1 aromatic carbocycles. The molecule has 14 heavy (non-hydrogen) atoms. The van der Waals surface area contributed by atoms with Crippen LogP contribution in [0.5, 0.6) is 11.5 Å². The average molecular weight is 190 g/mol. The molecule has 0 atom stereocenters. The van der Waals surface area contributed by atoms with Crippen molar-refractivity contribution in [2.75, 3.05) is 0 Å². The Bertz CT molecular complexity index is 368. The predicted octanol–water partition coefficient (Wildman–Crippen LogP) is 3.16. The van der Waals surface area contributed by atoms with E-state index in [0.717, 1.165) is 0 Å². The topological polar surface area (TPSA) is 40.5 Å². The molecule has 2 heteroatoms. The second kappa shape index (κ2) is 3.58. The Kier molecular flexibility index (Phi) is 2.65. The van der Waals surface area contributed by atoms with Gasteiger partial charge in [0.25, 0.3) is 0 Å². The van der Waals surface area contributed by atoms with Crippen LogP contribution in [-0.4, -0.2) is 10.2 Å². The van der Waals surface area contributed by atoms with Crippen molar-refractivity contribution in [3.63, 3.8) is 0 Å². The summed E-state index contributed by atoms with van der Waals surface area (Å²) in [5, 5.41) is 19.2. The van der Waals surface area contributed by atoms with Crippen molar-refractivity contribution in [3.05, 3.63) is 36.4 Å². The Hall–Kier alpha value is -1.70. The molecule has 0 amide bonds. The summed E-state index contributed by atoms with van der Waals surface area (Å²) < 4.78 is 0. The molecule has 2 nitrogen and oxygen atoms in total. The summed E-state index contributed by atoms with van der Waals surface area (Å²) in [7, 11) is 0. The molecule has 0 aliphatic heterocycles. The maximum absolute atomic E-state index is 9.82. The lowest BCUT2D eigenvalue weighted by Crippen LogP contribution is -1.86. The molecule has 0 heterocycles. The van der Waals surface area contributed by atoms with Crippen LogP contribution in [0.4, 0.5) is 0 Å². The van der Waals surface area contributed by atoms with E-state index in [2.05, 4.69) is 13.2 Å². The molecule has 0 saturated heterocycles. The van der Waals surface area contributed by atoms with Crippen molar-refractivity contribution in [3.8, 4) is 11.5 Å². The Morgan fingerprint density at radius 1 is 1.00 bits per heavy atom. The van der Waals surface area contributed by atoms with Crippen LogP contribution in [0.3, 0.4) is 0 Å². The van der Waals surface area contributed by atoms with Gasteiger partial charge in [0.1, 0.15) is 11.5 Å². The van der Waals surface area contributed by atoms with Gasteiger partial charge in [0.2, 0.25) is 0 Å². The van der Waals surface area contributed by atoms with Gasteiger partial charge in [0.05, 0.1) is 0 Å². The van der Waals surface area contributed by atoms with Gasteiger partial charge in [-0.1, -0.05) is 13.2 Å². The minimum Gasteiger partial charge on any atom is -0.508 e. The molecule has 0 fully saturated rings. The monoisotopic (exact) mass is 190 g/mol. The fourth-order valence-corrected chi connectivity index (χ4v) is 1.27. The summed E-state index contributed by atoms with van der Waals surface area (Å²) in [6.07, 6.45) is 0. The molecule has 0 aliphatic carbocycles. The minimum absolute atomic E-state index is 0.110. The molecule has 0 radical (unpaired) electrons. The molecule has 0 aliphatic rings. The van der Waals surface area contributed by atoms with Crippen molar-refractivity contribution in [2.45, 2.75) is 13.8 Å². The minimum atomic E-state index is 0.110. The quantitative estimate of drug-likeness (QED) is 0.703. The number of hydrogen-bond acceptors (Lipinski definition) is 2. The third-order valence-corrected chi connectivity index (χ3v) is 2.01. The van der Waals surface area contributed by atoms with E-state index in [0.29, 0.717) is 22.3 Å². The maximum atomic E-state index is 9.82. The Morgan fingerprint density at radius 2 is 1.36 bits per heavy atom. The van der Waals surface area contributed by atoms with Gasteiger partial charge in [-0.2, -0.15) is 0 Å². The van der Waals surface area contributed by atoms with Crippen molar-refractivity contribution >= 4 is 11.1 Å². The molecule has 0 bridgehead atoms. The highest BCUT2D eigenvalue weighted by molar-refractivity contribution is 5.77. The highest BCUT2D eigenvalue weighted by Gasteiger charge is 2.10. The largest absolute Gasteiger partial charge is 0.508 e. The lowest BCUT2D eigenvalue weighted by atomic mass is 9.99. The second-order valence-electron chi connectivity index (χ2n) is 3.45. The third-order valence-electron chi connectivity index (χ3n) is 2.01. The van der Waals surface area contributed by atoms with Gasteiger partial charge in [0, 0.05) is 11.1 Å². The number of phenols is 2. The summed E-state index contributed by atoms with van der Waals surface area (Å²) in [5.74, 6) is 0.238. The summed E-state index contributed by atoms with van der Waals surface area (Å²) in [5.41, 5.74) is 2.54. The normalized spacial score (nSPS) is 9.86. The highest BCUT2D eigenvalue weighted by atomic mass is 16.3. The van der Waals surface area contributed by atoms with Gasteiger partial charge in [-0.05, 0) is 37.1 Å². The first-order chi connectivity index (χ1) is 6.43. The summed E-state index contributed by atoms with van der Waals surface area (Å²) in [4.78, 5) is 0. The van der Waals surface area contributed by atoms with Gasteiger partial charge in [-0.3, -0.25) is 0 Å². The molecule has 2 N–H and O–H groups in total. The van der Waals surface area contributed by atoms with E-state index in [4.69, 9.17) is 0 Å². The first kappa shape index (κ1) is 10.4. The molecule has 0 spiro atoms. The van der Waals surface area contributed by atoms with Crippen LogP contribution < -0.4 is 0 Å². The maximum Gasteiger partial charge on any atom is 0.130 e. The number of hydrogen-bond donors (Lipinski definition) is 2.